The summed E-state index contributed by atoms with van der Waals surface area (Å²) < 4.78 is 10.8. The van der Waals surface area contributed by atoms with Gasteiger partial charge >= 0.3 is 6.09 Å². The molecule has 11 heteroatoms. The first-order valence-electron chi connectivity index (χ1n) is 7.75. The molecule has 140 valence electrons. The minimum absolute atomic E-state index is 0.194. The molecule has 2 heterocycles. The van der Waals surface area contributed by atoms with Gasteiger partial charge in [0.25, 0.3) is 5.19 Å². The van der Waals surface area contributed by atoms with Crippen molar-refractivity contribution < 1.29 is 24.0 Å². The number of nitrogens with zero attached hydrogens (tertiary/aromatic N) is 3. The van der Waals surface area contributed by atoms with Crippen LogP contribution in [0.2, 0.25) is 0 Å². The van der Waals surface area contributed by atoms with Gasteiger partial charge in [0.15, 0.2) is 0 Å². The number of carbonyl (C=O) groups is 2. The fourth-order valence-corrected chi connectivity index (χ4v) is 2.83. The number of carbonyl (C=O) groups excluding carboxylic acids is 1. The Hall–Kier alpha value is -3.47. The molecule has 2 aromatic heterocycles. The molecule has 0 radical (unpaired) electrons. The Labute approximate surface area is 157 Å². The molecule has 3 rings (SSSR count). The number of benzene rings is 1. The highest BCUT2D eigenvalue weighted by molar-refractivity contribution is 7.16. The summed E-state index contributed by atoms with van der Waals surface area (Å²) in [7, 11) is 0. The summed E-state index contributed by atoms with van der Waals surface area (Å²) >= 11 is 1.22. The van der Waals surface area contributed by atoms with Crippen LogP contribution in [0.15, 0.2) is 35.0 Å². The molecule has 0 spiro atoms. The second kappa shape index (κ2) is 7.83. The van der Waals surface area contributed by atoms with Crippen LogP contribution in [0.5, 0.6) is 10.9 Å². The van der Waals surface area contributed by atoms with Crippen LogP contribution in [0.4, 0.5) is 10.5 Å². The zero-order valence-corrected chi connectivity index (χ0v) is 15.1. The van der Waals surface area contributed by atoms with Gasteiger partial charge in [0.1, 0.15) is 11.8 Å². The van der Waals surface area contributed by atoms with Gasteiger partial charge in [-0.05, 0) is 31.2 Å². The van der Waals surface area contributed by atoms with Crippen molar-refractivity contribution in [3.63, 3.8) is 0 Å². The number of anilines is 1. The first kappa shape index (κ1) is 18.3. The average Bonchev–Trinajstić information content (AvgIpc) is 3.25. The normalized spacial score (nSPS) is 11.6. The van der Waals surface area contributed by atoms with Crippen LogP contribution in [0.25, 0.3) is 10.7 Å². The van der Waals surface area contributed by atoms with Gasteiger partial charge in [-0.2, -0.15) is 4.98 Å². The van der Waals surface area contributed by atoms with Crippen LogP contribution >= 0.6 is 11.3 Å². The van der Waals surface area contributed by atoms with E-state index >= 15 is 0 Å². The standard InChI is InChI=1S/C16H15N5O5S/c1-8(18-9(2)22)14-20-13(21-26-14)12-7-17-16(27-12)25-11-5-3-10(4-6-11)19-15(23)24/h3-8,19H,1-2H3,(H,18,22)(H,23,24). The molecular formula is C16H15N5O5S. The van der Waals surface area contributed by atoms with Crippen LogP contribution in [0, 0.1) is 0 Å². The molecule has 1 unspecified atom stereocenters. The van der Waals surface area contributed by atoms with E-state index in [9.17, 15) is 9.59 Å². The first-order valence-corrected chi connectivity index (χ1v) is 8.57. The minimum Gasteiger partial charge on any atom is -0.465 e. The van der Waals surface area contributed by atoms with Gasteiger partial charge in [0.05, 0.1) is 11.1 Å². The van der Waals surface area contributed by atoms with E-state index in [0.29, 0.717) is 27.3 Å². The Bertz CT molecular complexity index is 952. The van der Waals surface area contributed by atoms with Crippen molar-refractivity contribution in [1.29, 1.82) is 0 Å². The number of amides is 2. The van der Waals surface area contributed by atoms with Gasteiger partial charge in [0, 0.05) is 12.6 Å². The van der Waals surface area contributed by atoms with Crippen LogP contribution in [-0.2, 0) is 4.79 Å². The van der Waals surface area contributed by atoms with Crippen LogP contribution in [-0.4, -0.2) is 32.2 Å². The van der Waals surface area contributed by atoms with Crippen LogP contribution in [0.1, 0.15) is 25.8 Å². The van der Waals surface area contributed by atoms with Gasteiger partial charge in [0.2, 0.25) is 17.6 Å². The molecule has 0 bridgehead atoms. The predicted molar refractivity (Wildman–Crippen MR) is 95.8 cm³/mol. The van der Waals surface area contributed by atoms with E-state index < -0.39 is 12.1 Å². The number of thiazole rings is 1. The third kappa shape index (κ3) is 4.79. The number of hydrogen-bond acceptors (Lipinski definition) is 8. The number of nitrogens with one attached hydrogen (secondary N) is 2. The lowest BCUT2D eigenvalue weighted by atomic mass is 10.3. The maximum absolute atomic E-state index is 11.1. The molecule has 0 aliphatic heterocycles. The Morgan fingerprint density at radius 3 is 2.70 bits per heavy atom. The highest BCUT2D eigenvalue weighted by Crippen LogP contribution is 2.32. The van der Waals surface area contributed by atoms with E-state index in [1.165, 1.54) is 18.3 Å². The molecule has 2 amide bonds. The monoisotopic (exact) mass is 389 g/mol. The largest absolute Gasteiger partial charge is 0.465 e. The van der Waals surface area contributed by atoms with Gasteiger partial charge < -0.3 is 19.7 Å². The molecule has 0 fully saturated rings. The summed E-state index contributed by atoms with van der Waals surface area (Å²) in [5.41, 5.74) is 0.433. The molecule has 3 aromatic rings. The molecule has 3 N–H and O–H groups in total. The number of ether oxygens (including phenoxy) is 1. The van der Waals surface area contributed by atoms with Crippen LogP contribution < -0.4 is 15.4 Å². The predicted octanol–water partition coefficient (Wildman–Crippen LogP) is 3.27. The highest BCUT2D eigenvalue weighted by Gasteiger charge is 2.18. The SMILES string of the molecule is CC(=O)NC(C)c1nc(-c2cnc(Oc3ccc(NC(=O)O)cc3)s2)no1. The summed E-state index contributed by atoms with van der Waals surface area (Å²) in [4.78, 5) is 30.7. The van der Waals surface area contributed by atoms with E-state index in [4.69, 9.17) is 14.4 Å². The summed E-state index contributed by atoms with van der Waals surface area (Å²) in [6.45, 7) is 3.15. The fourth-order valence-electron chi connectivity index (χ4n) is 2.12. The van der Waals surface area contributed by atoms with E-state index in [1.807, 2.05) is 0 Å². The average molecular weight is 389 g/mol. The first-order chi connectivity index (χ1) is 12.9. The molecule has 10 nitrogen and oxygen atoms in total. The lowest BCUT2D eigenvalue weighted by Crippen LogP contribution is -2.23. The smallest absolute Gasteiger partial charge is 0.409 e. The summed E-state index contributed by atoms with van der Waals surface area (Å²) in [5, 5.41) is 17.8. The van der Waals surface area contributed by atoms with Gasteiger partial charge in [-0.15, -0.1) is 0 Å². The van der Waals surface area contributed by atoms with E-state index in [-0.39, 0.29) is 11.8 Å². The Morgan fingerprint density at radius 2 is 2.04 bits per heavy atom. The van der Waals surface area contributed by atoms with Crippen molar-refractivity contribution in [2.45, 2.75) is 19.9 Å². The fraction of sp³-hybridized carbons (Fsp3) is 0.188. The lowest BCUT2D eigenvalue weighted by molar-refractivity contribution is -0.119. The molecule has 0 saturated heterocycles. The molecular weight excluding hydrogens is 374 g/mol. The Morgan fingerprint density at radius 1 is 1.30 bits per heavy atom. The molecule has 0 saturated carbocycles. The van der Waals surface area contributed by atoms with Crippen molar-refractivity contribution in [3.8, 4) is 21.6 Å². The van der Waals surface area contributed by atoms with Crippen molar-refractivity contribution in [3.05, 3.63) is 36.4 Å². The molecule has 1 aromatic carbocycles. The molecule has 27 heavy (non-hydrogen) atoms. The number of rotatable bonds is 6. The second-order valence-electron chi connectivity index (χ2n) is 5.43. The quantitative estimate of drug-likeness (QED) is 0.583. The topological polar surface area (TPSA) is 139 Å². The van der Waals surface area contributed by atoms with Gasteiger partial charge in [-0.3, -0.25) is 10.1 Å². The van der Waals surface area contributed by atoms with Crippen LogP contribution in [0.3, 0.4) is 0 Å². The zero-order chi connectivity index (χ0) is 19.4. The number of carboxylic acid groups (broad SMARTS) is 1. The summed E-state index contributed by atoms with van der Waals surface area (Å²) in [6.07, 6.45) is 0.415. The Balaban J connectivity index is 1.67. The van der Waals surface area contributed by atoms with Gasteiger partial charge in [-0.25, -0.2) is 9.78 Å². The lowest BCUT2D eigenvalue weighted by Gasteiger charge is -2.05. The third-order valence-electron chi connectivity index (χ3n) is 3.25. The minimum atomic E-state index is -1.14. The number of hydrogen-bond donors (Lipinski definition) is 3. The number of aromatic nitrogens is 3. The molecule has 1 atom stereocenters. The molecule has 0 aliphatic carbocycles. The van der Waals surface area contributed by atoms with Crippen molar-refractivity contribution in [1.82, 2.24) is 20.4 Å². The highest BCUT2D eigenvalue weighted by atomic mass is 32.1. The van der Waals surface area contributed by atoms with E-state index in [0.717, 1.165) is 0 Å². The maximum atomic E-state index is 11.1. The zero-order valence-electron chi connectivity index (χ0n) is 14.3. The van der Waals surface area contributed by atoms with Crippen molar-refractivity contribution in [2.75, 3.05) is 5.32 Å². The summed E-state index contributed by atoms with van der Waals surface area (Å²) in [5.74, 6) is 0.938. The van der Waals surface area contributed by atoms with Crippen molar-refractivity contribution >= 4 is 29.0 Å². The van der Waals surface area contributed by atoms with E-state index in [2.05, 4.69) is 25.8 Å². The maximum Gasteiger partial charge on any atom is 0.409 e. The van der Waals surface area contributed by atoms with Gasteiger partial charge in [-0.1, -0.05) is 16.5 Å². The summed E-state index contributed by atoms with van der Waals surface area (Å²) in [6, 6.07) is 5.99. The second-order valence-corrected chi connectivity index (χ2v) is 6.42. The van der Waals surface area contributed by atoms with E-state index in [1.54, 1.807) is 37.4 Å². The Kier molecular flexibility index (Phi) is 5.31. The van der Waals surface area contributed by atoms with Crippen molar-refractivity contribution in [2.24, 2.45) is 0 Å². The third-order valence-corrected chi connectivity index (χ3v) is 4.12. The molecule has 0 aliphatic rings.